The molecular weight excluding hydrogens is 596 g/mol. The molecule has 2 fully saturated rings. The molecule has 0 spiro atoms. The molecule has 45 heavy (non-hydrogen) atoms. The van der Waals surface area contributed by atoms with Crippen molar-refractivity contribution in [3.63, 3.8) is 0 Å². The Balaban J connectivity index is 1.86. The van der Waals surface area contributed by atoms with Gasteiger partial charge in [0.05, 0.1) is 26.4 Å². The molecule has 0 radical (unpaired) electrons. The minimum absolute atomic E-state index is 0.0620. The molecule has 2 saturated heterocycles. The van der Waals surface area contributed by atoms with Crippen LogP contribution in [-0.2, 0) is 33.2 Å². The van der Waals surface area contributed by atoms with Crippen molar-refractivity contribution in [3.8, 4) is 0 Å². The maximum atomic E-state index is 12.3. The molecule has 2 aliphatic heterocycles. The molecule has 0 saturated carbocycles. The summed E-state index contributed by atoms with van der Waals surface area (Å²) in [5.74, 6) is -0.413. The number of carbonyl (C=O) groups is 1. The van der Waals surface area contributed by atoms with Crippen LogP contribution in [-0.4, -0.2) is 142 Å². The lowest BCUT2D eigenvalue weighted by atomic mass is 9.98. The first kappa shape index (κ1) is 40.2. The van der Waals surface area contributed by atoms with E-state index in [9.17, 15) is 40.5 Å². The largest absolute Gasteiger partial charge is 0.457 e. The van der Waals surface area contributed by atoms with E-state index in [4.69, 9.17) is 28.4 Å². The molecule has 11 unspecified atom stereocenters. The highest BCUT2D eigenvalue weighted by Crippen LogP contribution is 2.26. The summed E-state index contributed by atoms with van der Waals surface area (Å²) in [7, 11) is 0. The van der Waals surface area contributed by atoms with Gasteiger partial charge in [0.2, 0.25) is 0 Å². The van der Waals surface area contributed by atoms with Gasteiger partial charge in [-0.25, -0.2) is 0 Å². The molecule has 0 bridgehead atoms. The van der Waals surface area contributed by atoms with E-state index in [1.807, 2.05) is 6.92 Å². The van der Waals surface area contributed by atoms with Crippen molar-refractivity contribution in [2.24, 2.45) is 0 Å². The quantitative estimate of drug-likeness (QED) is 0.0582. The zero-order valence-electron chi connectivity index (χ0n) is 26.9. The Morgan fingerprint density at radius 2 is 1.18 bits per heavy atom. The summed E-state index contributed by atoms with van der Waals surface area (Å²) >= 11 is 0. The summed E-state index contributed by atoms with van der Waals surface area (Å²) < 4.78 is 33.4. The first-order valence-corrected chi connectivity index (χ1v) is 16.6. The summed E-state index contributed by atoms with van der Waals surface area (Å²) in [4.78, 5) is 12.3. The number of unbranched alkanes of at least 4 members (excludes halogenated alkanes) is 9. The molecule has 14 nitrogen and oxygen atoms in total. The summed E-state index contributed by atoms with van der Waals surface area (Å²) in [5.41, 5.74) is 0. The van der Waals surface area contributed by atoms with Gasteiger partial charge in [0.25, 0.3) is 0 Å². The van der Waals surface area contributed by atoms with E-state index in [0.29, 0.717) is 13.0 Å². The second-order valence-electron chi connectivity index (χ2n) is 12.0. The van der Waals surface area contributed by atoms with Gasteiger partial charge in [-0.15, -0.1) is 0 Å². The Labute approximate surface area is 266 Å². The molecule has 2 rings (SSSR count). The van der Waals surface area contributed by atoms with Crippen LogP contribution in [0.1, 0.15) is 90.9 Å². The van der Waals surface area contributed by atoms with Crippen molar-refractivity contribution in [3.05, 3.63) is 0 Å². The van der Waals surface area contributed by atoms with E-state index in [-0.39, 0.29) is 19.6 Å². The average molecular weight is 655 g/mol. The van der Waals surface area contributed by atoms with E-state index >= 15 is 0 Å². The zero-order valence-corrected chi connectivity index (χ0v) is 26.9. The van der Waals surface area contributed by atoms with Crippen molar-refractivity contribution < 1.29 is 69.0 Å². The van der Waals surface area contributed by atoms with Crippen LogP contribution >= 0.6 is 0 Å². The molecular formula is C31H58O14. The number of carbonyl (C=O) groups excluding carboxylic acids is 1. The molecule has 2 heterocycles. The zero-order chi connectivity index (χ0) is 33.2. The van der Waals surface area contributed by atoms with Crippen LogP contribution in [0.2, 0.25) is 0 Å². The maximum absolute atomic E-state index is 12.3. The molecule has 266 valence electrons. The van der Waals surface area contributed by atoms with Gasteiger partial charge in [-0.3, -0.25) is 4.79 Å². The minimum Gasteiger partial charge on any atom is -0.457 e. The molecule has 14 heteroatoms. The van der Waals surface area contributed by atoms with Crippen molar-refractivity contribution in [1.29, 1.82) is 0 Å². The van der Waals surface area contributed by atoms with Crippen LogP contribution in [0.5, 0.6) is 0 Å². The van der Waals surface area contributed by atoms with Crippen molar-refractivity contribution in [2.45, 2.75) is 158 Å². The topological polar surface area (TPSA) is 214 Å². The van der Waals surface area contributed by atoms with Crippen LogP contribution < -0.4 is 0 Å². The van der Waals surface area contributed by atoms with E-state index < -0.39 is 86.7 Å². The summed E-state index contributed by atoms with van der Waals surface area (Å²) in [6.07, 6.45) is -3.79. The van der Waals surface area contributed by atoms with Gasteiger partial charge in [0.1, 0.15) is 54.9 Å². The molecule has 0 amide bonds. The van der Waals surface area contributed by atoms with E-state index in [0.717, 1.165) is 25.7 Å². The average Bonchev–Trinajstić information content (AvgIpc) is 3.03. The van der Waals surface area contributed by atoms with Crippen LogP contribution in [0.3, 0.4) is 0 Å². The van der Waals surface area contributed by atoms with E-state index in [1.165, 1.54) is 38.5 Å². The van der Waals surface area contributed by atoms with E-state index in [1.54, 1.807) is 0 Å². The third kappa shape index (κ3) is 13.9. The number of aliphatic hydroxyl groups is 7. The first-order valence-electron chi connectivity index (χ1n) is 16.6. The van der Waals surface area contributed by atoms with Gasteiger partial charge in [-0.05, 0) is 12.8 Å². The monoisotopic (exact) mass is 654 g/mol. The third-order valence-electron chi connectivity index (χ3n) is 8.12. The second-order valence-corrected chi connectivity index (χ2v) is 12.0. The van der Waals surface area contributed by atoms with Crippen molar-refractivity contribution >= 4 is 5.97 Å². The molecule has 2 aliphatic rings. The highest BCUT2D eigenvalue weighted by Gasteiger charge is 2.47. The minimum atomic E-state index is -1.69. The standard InChI is InChI=1S/C31H58O14/c1-3-5-7-8-9-10-11-12-13-15-40-17-20(43-23(33)14-6-4-2)18-41-30-29(39)27(37)25(35)22(45-30)19-42-31-28(38)26(36)24(34)21(16-32)44-31/h20-22,24-32,34-39H,3-19H2,1-2H3. The van der Waals surface area contributed by atoms with Gasteiger partial charge >= 0.3 is 5.97 Å². The van der Waals surface area contributed by atoms with Crippen LogP contribution in [0.25, 0.3) is 0 Å². The van der Waals surface area contributed by atoms with E-state index in [2.05, 4.69) is 6.92 Å². The van der Waals surface area contributed by atoms with Crippen molar-refractivity contribution in [2.75, 3.05) is 33.0 Å². The smallest absolute Gasteiger partial charge is 0.306 e. The molecule has 11 atom stereocenters. The Morgan fingerprint density at radius 1 is 0.644 bits per heavy atom. The second kappa shape index (κ2) is 22.5. The summed E-state index contributed by atoms with van der Waals surface area (Å²) in [5, 5.41) is 70.9. The normalized spacial score (nSPS) is 32.8. The van der Waals surface area contributed by atoms with Crippen LogP contribution in [0, 0.1) is 0 Å². The fourth-order valence-corrected chi connectivity index (χ4v) is 5.20. The number of hydrogen-bond acceptors (Lipinski definition) is 14. The lowest BCUT2D eigenvalue weighted by Crippen LogP contribution is -2.61. The maximum Gasteiger partial charge on any atom is 0.306 e. The van der Waals surface area contributed by atoms with Gasteiger partial charge in [-0.2, -0.15) is 0 Å². The molecule has 7 N–H and O–H groups in total. The number of hydrogen-bond donors (Lipinski definition) is 7. The van der Waals surface area contributed by atoms with Crippen LogP contribution in [0.15, 0.2) is 0 Å². The SMILES string of the molecule is CCCCCCCCCCCOCC(COC1OC(COC2OC(CO)C(O)C(O)C2O)C(O)C(O)C1O)OC(=O)CCCC. The lowest BCUT2D eigenvalue weighted by molar-refractivity contribution is -0.332. The fraction of sp³-hybridized carbons (Fsp3) is 0.968. The van der Waals surface area contributed by atoms with Crippen molar-refractivity contribution in [1.82, 2.24) is 0 Å². The summed E-state index contributed by atoms with van der Waals surface area (Å²) in [6, 6.07) is 0. The highest BCUT2D eigenvalue weighted by atomic mass is 16.7. The predicted molar refractivity (Wildman–Crippen MR) is 160 cm³/mol. The Bertz CT molecular complexity index is 773. The molecule has 0 aliphatic carbocycles. The van der Waals surface area contributed by atoms with Gasteiger partial charge in [0, 0.05) is 13.0 Å². The molecule has 0 aromatic heterocycles. The fourth-order valence-electron chi connectivity index (χ4n) is 5.20. The van der Waals surface area contributed by atoms with Gasteiger partial charge < -0.3 is 64.2 Å². The van der Waals surface area contributed by atoms with Crippen LogP contribution in [0.4, 0.5) is 0 Å². The third-order valence-corrected chi connectivity index (χ3v) is 8.12. The predicted octanol–water partition coefficient (Wildman–Crippen LogP) is 0.277. The number of rotatable bonds is 23. The Morgan fingerprint density at radius 3 is 1.78 bits per heavy atom. The number of aliphatic hydroxyl groups excluding tert-OH is 7. The Kier molecular flexibility index (Phi) is 20.1. The lowest BCUT2D eigenvalue weighted by Gasteiger charge is -2.42. The first-order chi connectivity index (χ1) is 21.6. The van der Waals surface area contributed by atoms with Gasteiger partial charge in [-0.1, -0.05) is 71.6 Å². The highest BCUT2D eigenvalue weighted by molar-refractivity contribution is 5.69. The number of esters is 1. The Hall–Kier alpha value is -1.01. The van der Waals surface area contributed by atoms with Gasteiger partial charge in [0.15, 0.2) is 12.6 Å². The summed E-state index contributed by atoms with van der Waals surface area (Å²) in [6.45, 7) is 3.36. The number of ether oxygens (including phenoxy) is 6. The molecule has 0 aromatic carbocycles. The molecule has 0 aromatic rings.